The van der Waals surface area contributed by atoms with Gasteiger partial charge in [-0.1, -0.05) is 23.7 Å². The van der Waals surface area contributed by atoms with E-state index in [0.717, 1.165) is 17.1 Å². The van der Waals surface area contributed by atoms with E-state index in [2.05, 4.69) is 20.6 Å². The molecule has 0 saturated heterocycles. The molecule has 6 heteroatoms. The Morgan fingerprint density at radius 2 is 1.72 bits per heavy atom. The summed E-state index contributed by atoms with van der Waals surface area (Å²) in [6.07, 6.45) is 0. The molecule has 0 saturated carbocycles. The average Bonchev–Trinajstić information content (AvgIpc) is 2.54. The summed E-state index contributed by atoms with van der Waals surface area (Å²) < 4.78 is 5.17. The fourth-order valence-electron chi connectivity index (χ4n) is 2.43. The van der Waals surface area contributed by atoms with Crippen molar-refractivity contribution in [2.75, 3.05) is 17.7 Å². The molecule has 0 aliphatic rings. The molecule has 2 aromatic carbocycles. The van der Waals surface area contributed by atoms with Crippen LogP contribution in [0.15, 0.2) is 48.5 Å². The van der Waals surface area contributed by atoms with E-state index in [1.807, 2.05) is 56.3 Å². The van der Waals surface area contributed by atoms with Gasteiger partial charge in [-0.15, -0.1) is 0 Å². The molecule has 0 spiro atoms. The number of nitrogens with one attached hydrogen (secondary N) is 2. The first-order valence-electron chi connectivity index (χ1n) is 7.83. The molecule has 0 radical (unpaired) electrons. The minimum atomic E-state index is 0.535. The van der Waals surface area contributed by atoms with Gasteiger partial charge in [0.15, 0.2) is 0 Å². The van der Waals surface area contributed by atoms with Gasteiger partial charge in [-0.25, -0.2) is 4.98 Å². The van der Waals surface area contributed by atoms with Crippen molar-refractivity contribution in [1.82, 2.24) is 9.97 Å². The lowest BCUT2D eigenvalue weighted by Crippen LogP contribution is -2.02. The second-order valence-corrected chi connectivity index (χ2v) is 6.09. The third-order valence-electron chi connectivity index (χ3n) is 3.55. The maximum atomic E-state index is 6.17. The largest absolute Gasteiger partial charge is 0.495 e. The molecule has 0 bridgehead atoms. The van der Waals surface area contributed by atoms with Gasteiger partial charge in [0.1, 0.15) is 11.6 Å². The number of hydrogen-bond acceptors (Lipinski definition) is 5. The molecule has 1 heterocycles. The summed E-state index contributed by atoms with van der Waals surface area (Å²) in [4.78, 5) is 8.96. The van der Waals surface area contributed by atoms with Gasteiger partial charge in [0.2, 0.25) is 5.95 Å². The standard InChI is InChI=1S/C19H19ClN4O/c1-12-5-4-6-14(9-12)23-19-21-13(2)10-18(24-19)22-15-7-8-17(25-3)16(20)11-15/h4-11H,1-3H3,(H2,21,22,23,24). The number of aromatic nitrogens is 2. The van der Waals surface area contributed by atoms with Crippen molar-refractivity contribution in [2.45, 2.75) is 13.8 Å². The number of ether oxygens (including phenoxy) is 1. The number of anilines is 4. The average molecular weight is 355 g/mol. The zero-order valence-corrected chi connectivity index (χ0v) is 15.1. The quantitative estimate of drug-likeness (QED) is 0.656. The van der Waals surface area contributed by atoms with Crippen LogP contribution < -0.4 is 15.4 Å². The molecule has 1 aromatic heterocycles. The van der Waals surface area contributed by atoms with Crippen LogP contribution in [0.25, 0.3) is 0 Å². The van der Waals surface area contributed by atoms with E-state index in [4.69, 9.17) is 16.3 Å². The van der Waals surface area contributed by atoms with Crippen LogP contribution in [0.2, 0.25) is 5.02 Å². The number of methoxy groups -OCH3 is 1. The minimum Gasteiger partial charge on any atom is -0.495 e. The molecule has 25 heavy (non-hydrogen) atoms. The van der Waals surface area contributed by atoms with Crippen LogP contribution in [0, 0.1) is 13.8 Å². The first-order chi connectivity index (χ1) is 12.0. The van der Waals surface area contributed by atoms with Crippen LogP contribution in [0.5, 0.6) is 5.75 Å². The van der Waals surface area contributed by atoms with E-state index in [0.29, 0.717) is 22.5 Å². The highest BCUT2D eigenvalue weighted by atomic mass is 35.5. The van der Waals surface area contributed by atoms with Crippen molar-refractivity contribution in [3.05, 3.63) is 64.8 Å². The van der Waals surface area contributed by atoms with Gasteiger partial charge >= 0.3 is 0 Å². The fraction of sp³-hybridized carbons (Fsp3) is 0.158. The molecule has 0 amide bonds. The van der Waals surface area contributed by atoms with Crippen LogP contribution in [-0.2, 0) is 0 Å². The first-order valence-corrected chi connectivity index (χ1v) is 8.21. The fourth-order valence-corrected chi connectivity index (χ4v) is 2.69. The Hall–Kier alpha value is -2.79. The molecule has 3 rings (SSSR count). The topological polar surface area (TPSA) is 59.1 Å². The van der Waals surface area contributed by atoms with E-state index < -0.39 is 0 Å². The molecular weight excluding hydrogens is 336 g/mol. The van der Waals surface area contributed by atoms with E-state index in [1.165, 1.54) is 5.56 Å². The summed E-state index contributed by atoms with van der Waals surface area (Å²) in [5, 5.41) is 7.01. The zero-order chi connectivity index (χ0) is 17.8. The van der Waals surface area contributed by atoms with Gasteiger partial charge in [-0.05, 0) is 49.7 Å². The number of aryl methyl sites for hydroxylation is 2. The SMILES string of the molecule is COc1ccc(Nc2cc(C)nc(Nc3cccc(C)c3)n2)cc1Cl. The van der Waals surface area contributed by atoms with Crippen LogP contribution >= 0.6 is 11.6 Å². The van der Waals surface area contributed by atoms with Gasteiger partial charge in [0, 0.05) is 23.1 Å². The van der Waals surface area contributed by atoms with Crippen molar-refractivity contribution in [3.8, 4) is 5.75 Å². The number of rotatable bonds is 5. The Labute approximate surface area is 152 Å². The normalized spacial score (nSPS) is 10.4. The van der Waals surface area contributed by atoms with E-state index in [-0.39, 0.29) is 0 Å². The predicted molar refractivity (Wildman–Crippen MR) is 103 cm³/mol. The number of hydrogen-bond donors (Lipinski definition) is 2. The van der Waals surface area contributed by atoms with E-state index in [1.54, 1.807) is 13.2 Å². The lowest BCUT2D eigenvalue weighted by Gasteiger charge is -2.11. The first kappa shape index (κ1) is 17.0. The molecule has 0 fully saturated rings. The Kier molecular flexibility index (Phi) is 5.05. The number of nitrogens with zero attached hydrogens (tertiary/aromatic N) is 2. The van der Waals surface area contributed by atoms with Gasteiger partial charge in [-0.2, -0.15) is 4.98 Å². The number of benzene rings is 2. The second-order valence-electron chi connectivity index (χ2n) is 5.69. The van der Waals surface area contributed by atoms with Crippen molar-refractivity contribution in [3.63, 3.8) is 0 Å². The van der Waals surface area contributed by atoms with Gasteiger partial charge in [0.05, 0.1) is 12.1 Å². The summed E-state index contributed by atoms with van der Waals surface area (Å²) in [7, 11) is 1.59. The highest BCUT2D eigenvalue weighted by molar-refractivity contribution is 6.32. The molecule has 0 atom stereocenters. The monoisotopic (exact) mass is 354 g/mol. The van der Waals surface area contributed by atoms with Crippen molar-refractivity contribution in [2.24, 2.45) is 0 Å². The molecule has 2 N–H and O–H groups in total. The summed E-state index contributed by atoms with van der Waals surface area (Å²) in [5.74, 6) is 1.85. The third-order valence-corrected chi connectivity index (χ3v) is 3.85. The third kappa shape index (κ3) is 4.39. The molecule has 3 aromatic rings. The minimum absolute atomic E-state index is 0.535. The van der Waals surface area contributed by atoms with E-state index in [9.17, 15) is 0 Å². The molecule has 0 aliphatic heterocycles. The van der Waals surface area contributed by atoms with Crippen molar-refractivity contribution in [1.29, 1.82) is 0 Å². The Morgan fingerprint density at radius 1 is 0.920 bits per heavy atom. The van der Waals surface area contributed by atoms with Crippen LogP contribution in [0.3, 0.4) is 0 Å². The highest BCUT2D eigenvalue weighted by Gasteiger charge is 2.06. The van der Waals surface area contributed by atoms with Gasteiger partial charge < -0.3 is 15.4 Å². The van der Waals surface area contributed by atoms with Crippen molar-refractivity contribution >= 4 is 34.7 Å². The summed E-state index contributed by atoms with van der Waals surface area (Å²) in [5.41, 5.74) is 3.80. The summed E-state index contributed by atoms with van der Waals surface area (Å²) >= 11 is 6.17. The molecule has 5 nitrogen and oxygen atoms in total. The maximum Gasteiger partial charge on any atom is 0.229 e. The predicted octanol–water partition coefficient (Wildman–Crippen LogP) is 5.24. The van der Waals surface area contributed by atoms with Crippen molar-refractivity contribution < 1.29 is 4.74 Å². The Balaban J connectivity index is 1.83. The molecular formula is C19H19ClN4O. The molecule has 128 valence electrons. The van der Waals surface area contributed by atoms with Crippen LogP contribution in [0.4, 0.5) is 23.1 Å². The summed E-state index contributed by atoms with van der Waals surface area (Å²) in [6.45, 7) is 3.97. The lowest BCUT2D eigenvalue weighted by atomic mass is 10.2. The second kappa shape index (κ2) is 7.40. The Bertz CT molecular complexity index is 898. The zero-order valence-electron chi connectivity index (χ0n) is 14.3. The highest BCUT2D eigenvalue weighted by Crippen LogP contribution is 2.29. The molecule has 0 aliphatic carbocycles. The van der Waals surface area contributed by atoms with Gasteiger partial charge in [-0.3, -0.25) is 0 Å². The summed E-state index contributed by atoms with van der Waals surface area (Å²) in [6, 6.07) is 15.4. The van der Waals surface area contributed by atoms with Crippen LogP contribution in [0.1, 0.15) is 11.3 Å². The number of halogens is 1. The van der Waals surface area contributed by atoms with E-state index >= 15 is 0 Å². The van der Waals surface area contributed by atoms with Crippen LogP contribution in [-0.4, -0.2) is 17.1 Å². The maximum absolute atomic E-state index is 6.17. The lowest BCUT2D eigenvalue weighted by molar-refractivity contribution is 0.415. The Morgan fingerprint density at radius 3 is 2.44 bits per heavy atom. The van der Waals surface area contributed by atoms with Gasteiger partial charge in [0.25, 0.3) is 0 Å². The molecule has 0 unspecified atom stereocenters. The smallest absolute Gasteiger partial charge is 0.229 e.